The van der Waals surface area contributed by atoms with Gasteiger partial charge in [0.1, 0.15) is 6.04 Å². The van der Waals surface area contributed by atoms with Crippen LogP contribution in [0.25, 0.3) is 0 Å². The second-order valence-electron chi connectivity index (χ2n) is 5.12. The van der Waals surface area contributed by atoms with Crippen molar-refractivity contribution >= 4 is 5.69 Å². The Hall–Kier alpha value is -1.85. The molecule has 0 spiro atoms. The van der Waals surface area contributed by atoms with E-state index < -0.39 is 0 Å². The highest BCUT2D eigenvalue weighted by atomic mass is 16.5. The Morgan fingerprint density at radius 2 is 2.37 bits per heavy atom. The lowest BCUT2D eigenvalue weighted by atomic mass is 10.3. The number of anilines is 1. The van der Waals surface area contributed by atoms with Crippen LogP contribution in [0.5, 0.6) is 0 Å². The molecule has 1 atom stereocenters. The number of nitrogens with one attached hydrogen (secondary N) is 1. The number of nitrogens with zero attached hydrogens (tertiary/aromatic N) is 4. The maximum absolute atomic E-state index is 5.30. The van der Waals surface area contributed by atoms with E-state index in [1.54, 1.807) is 0 Å². The minimum Gasteiger partial charge on any atom is -0.371 e. The van der Waals surface area contributed by atoms with Crippen molar-refractivity contribution in [3.8, 4) is 0 Å². The van der Waals surface area contributed by atoms with Crippen molar-refractivity contribution in [2.75, 3.05) is 5.32 Å². The van der Waals surface area contributed by atoms with E-state index in [1.807, 2.05) is 24.0 Å². The molecule has 0 amide bonds. The van der Waals surface area contributed by atoms with Crippen LogP contribution < -0.4 is 5.32 Å². The van der Waals surface area contributed by atoms with Gasteiger partial charge >= 0.3 is 0 Å². The standard InChI is InChI=1S/C13H19N5O/c1-3-6-18-8-11(7-14-18)15-9(2)13-16-12(17-19-13)10-4-5-10/h7-10,15H,3-6H2,1-2H3. The summed E-state index contributed by atoms with van der Waals surface area (Å²) in [4.78, 5) is 4.44. The Kier molecular flexibility index (Phi) is 3.23. The van der Waals surface area contributed by atoms with Gasteiger partial charge in [-0.05, 0) is 26.2 Å². The van der Waals surface area contributed by atoms with Crippen LogP contribution in [0.15, 0.2) is 16.9 Å². The average Bonchev–Trinajstić information content (AvgIpc) is 2.96. The number of hydrogen-bond acceptors (Lipinski definition) is 5. The van der Waals surface area contributed by atoms with Crippen molar-refractivity contribution in [3.05, 3.63) is 24.1 Å². The predicted octanol–water partition coefficient (Wildman–Crippen LogP) is 2.73. The molecule has 2 aromatic heterocycles. The van der Waals surface area contributed by atoms with Crippen molar-refractivity contribution in [2.24, 2.45) is 0 Å². The van der Waals surface area contributed by atoms with Crippen LogP contribution in [0.4, 0.5) is 5.69 Å². The maximum atomic E-state index is 5.30. The SMILES string of the molecule is CCCn1cc(NC(C)c2nc(C3CC3)no2)cn1. The second-order valence-corrected chi connectivity index (χ2v) is 5.12. The minimum atomic E-state index is -0.000670. The summed E-state index contributed by atoms with van der Waals surface area (Å²) in [5.74, 6) is 2.02. The van der Waals surface area contributed by atoms with Crippen LogP contribution in [0.1, 0.15) is 56.8 Å². The van der Waals surface area contributed by atoms with Crippen LogP contribution >= 0.6 is 0 Å². The van der Waals surface area contributed by atoms with Crippen LogP contribution in [0.3, 0.4) is 0 Å². The van der Waals surface area contributed by atoms with Crippen molar-refractivity contribution in [2.45, 2.75) is 51.6 Å². The molecule has 2 aromatic rings. The highest BCUT2D eigenvalue weighted by Gasteiger charge is 2.29. The van der Waals surface area contributed by atoms with Crippen LogP contribution in [-0.2, 0) is 6.54 Å². The van der Waals surface area contributed by atoms with Crippen molar-refractivity contribution in [1.29, 1.82) is 0 Å². The van der Waals surface area contributed by atoms with Gasteiger partial charge in [-0.25, -0.2) is 0 Å². The lowest BCUT2D eigenvalue weighted by Crippen LogP contribution is -2.06. The summed E-state index contributed by atoms with van der Waals surface area (Å²) in [7, 11) is 0. The summed E-state index contributed by atoms with van der Waals surface area (Å²) in [6.45, 7) is 5.08. The molecule has 1 aliphatic carbocycles. The molecule has 1 saturated carbocycles. The summed E-state index contributed by atoms with van der Waals surface area (Å²) >= 11 is 0. The van der Waals surface area contributed by atoms with E-state index in [0.29, 0.717) is 11.8 Å². The van der Waals surface area contributed by atoms with Gasteiger partial charge in [-0.3, -0.25) is 4.68 Å². The molecule has 0 radical (unpaired) electrons. The summed E-state index contributed by atoms with van der Waals surface area (Å²) in [6.07, 6.45) is 7.27. The van der Waals surface area contributed by atoms with Crippen molar-refractivity contribution in [1.82, 2.24) is 19.9 Å². The van der Waals surface area contributed by atoms with Gasteiger partial charge < -0.3 is 9.84 Å². The molecule has 0 aliphatic heterocycles. The smallest absolute Gasteiger partial charge is 0.248 e. The number of rotatable bonds is 6. The molecule has 1 unspecified atom stereocenters. The van der Waals surface area contributed by atoms with Crippen LogP contribution in [-0.4, -0.2) is 19.9 Å². The summed E-state index contributed by atoms with van der Waals surface area (Å²) < 4.78 is 7.23. The number of aryl methyl sites for hydroxylation is 1. The first-order chi connectivity index (χ1) is 9.26. The van der Waals surface area contributed by atoms with Gasteiger partial charge in [-0.1, -0.05) is 12.1 Å². The highest BCUT2D eigenvalue weighted by molar-refractivity contribution is 5.39. The highest BCUT2D eigenvalue weighted by Crippen LogP contribution is 2.38. The van der Waals surface area contributed by atoms with Gasteiger partial charge in [-0.15, -0.1) is 0 Å². The quantitative estimate of drug-likeness (QED) is 0.865. The fourth-order valence-electron chi connectivity index (χ4n) is 2.03. The fourth-order valence-corrected chi connectivity index (χ4v) is 2.03. The molecule has 1 N–H and O–H groups in total. The third-order valence-corrected chi connectivity index (χ3v) is 3.24. The predicted molar refractivity (Wildman–Crippen MR) is 70.8 cm³/mol. The molecule has 0 aromatic carbocycles. The van der Waals surface area contributed by atoms with Crippen molar-refractivity contribution in [3.63, 3.8) is 0 Å². The average molecular weight is 261 g/mol. The summed E-state index contributed by atoms with van der Waals surface area (Å²) in [6, 6.07) is -0.000670. The molecule has 0 bridgehead atoms. The molecular weight excluding hydrogens is 242 g/mol. The second kappa shape index (κ2) is 5.03. The van der Waals surface area contributed by atoms with Crippen molar-refractivity contribution < 1.29 is 4.52 Å². The van der Waals surface area contributed by atoms with Gasteiger partial charge in [0.25, 0.3) is 0 Å². The minimum absolute atomic E-state index is 0.000670. The first kappa shape index (κ1) is 12.2. The van der Waals surface area contributed by atoms with Gasteiger partial charge in [0, 0.05) is 18.7 Å². The Balaban J connectivity index is 1.63. The lowest BCUT2D eigenvalue weighted by molar-refractivity contribution is 0.363. The number of aromatic nitrogens is 4. The Labute approximate surface area is 112 Å². The van der Waals surface area contributed by atoms with E-state index in [0.717, 1.165) is 24.5 Å². The zero-order chi connectivity index (χ0) is 13.2. The molecule has 1 fully saturated rings. The number of hydrogen-bond donors (Lipinski definition) is 1. The molecule has 1 aliphatic rings. The zero-order valence-corrected chi connectivity index (χ0v) is 11.3. The largest absolute Gasteiger partial charge is 0.371 e. The third-order valence-electron chi connectivity index (χ3n) is 3.24. The molecule has 3 rings (SSSR count). The molecule has 6 heteroatoms. The van der Waals surface area contributed by atoms with E-state index in [4.69, 9.17) is 4.52 Å². The van der Waals surface area contributed by atoms with Gasteiger partial charge in [0.15, 0.2) is 5.82 Å². The third kappa shape index (κ3) is 2.77. The first-order valence-corrected chi connectivity index (χ1v) is 6.88. The molecule has 6 nitrogen and oxygen atoms in total. The molecule has 102 valence electrons. The molecular formula is C13H19N5O. The zero-order valence-electron chi connectivity index (χ0n) is 11.3. The first-order valence-electron chi connectivity index (χ1n) is 6.88. The maximum Gasteiger partial charge on any atom is 0.248 e. The van der Waals surface area contributed by atoms with E-state index in [1.165, 1.54) is 12.8 Å². The molecule has 19 heavy (non-hydrogen) atoms. The van der Waals surface area contributed by atoms with Gasteiger partial charge in [0.2, 0.25) is 5.89 Å². The van der Waals surface area contributed by atoms with E-state index in [2.05, 4.69) is 27.5 Å². The normalized spacial score (nSPS) is 16.5. The molecule has 2 heterocycles. The van der Waals surface area contributed by atoms with Crippen LogP contribution in [0, 0.1) is 0 Å². The topological polar surface area (TPSA) is 68.8 Å². The monoisotopic (exact) mass is 261 g/mol. The Bertz CT molecular complexity index is 543. The fraction of sp³-hybridized carbons (Fsp3) is 0.615. The van der Waals surface area contributed by atoms with Gasteiger partial charge in [-0.2, -0.15) is 10.1 Å². The lowest BCUT2D eigenvalue weighted by Gasteiger charge is -2.08. The van der Waals surface area contributed by atoms with Crippen LogP contribution in [0.2, 0.25) is 0 Å². The molecule has 0 saturated heterocycles. The van der Waals surface area contributed by atoms with E-state index >= 15 is 0 Å². The Morgan fingerprint density at radius 3 is 3.11 bits per heavy atom. The van der Waals surface area contributed by atoms with E-state index in [9.17, 15) is 0 Å². The van der Waals surface area contributed by atoms with E-state index in [-0.39, 0.29) is 6.04 Å². The van der Waals surface area contributed by atoms with Gasteiger partial charge in [0.05, 0.1) is 11.9 Å². The Morgan fingerprint density at radius 1 is 1.53 bits per heavy atom. The summed E-state index contributed by atoms with van der Waals surface area (Å²) in [5, 5.41) is 11.6. The summed E-state index contributed by atoms with van der Waals surface area (Å²) in [5.41, 5.74) is 0.979.